The van der Waals surface area contributed by atoms with Crippen molar-refractivity contribution < 1.29 is 4.79 Å². The van der Waals surface area contributed by atoms with E-state index in [9.17, 15) is 4.79 Å². The van der Waals surface area contributed by atoms with E-state index in [4.69, 9.17) is 11.6 Å². The minimum Gasteiger partial charge on any atom is -0.344 e. The molecule has 0 spiro atoms. The number of nitrogens with one attached hydrogen (secondary N) is 3. The molecule has 0 bridgehead atoms. The molecule has 2 heterocycles. The molecule has 3 rings (SSSR count). The summed E-state index contributed by atoms with van der Waals surface area (Å²) in [6.07, 6.45) is 1.74. The van der Waals surface area contributed by atoms with Crippen molar-refractivity contribution in [1.82, 2.24) is 20.8 Å². The average molecular weight is 347 g/mol. The number of amides is 1. The van der Waals surface area contributed by atoms with Crippen LogP contribution in [0.5, 0.6) is 0 Å². The maximum atomic E-state index is 12.8. The Hall–Kier alpha value is -1.85. The van der Waals surface area contributed by atoms with Crippen molar-refractivity contribution in [2.45, 2.75) is 39.3 Å². The third-order valence-electron chi connectivity index (χ3n) is 4.31. The van der Waals surface area contributed by atoms with Gasteiger partial charge < -0.3 is 10.6 Å². The third kappa shape index (κ3) is 3.79. The first kappa shape index (κ1) is 17.0. The molecule has 24 heavy (non-hydrogen) atoms. The van der Waals surface area contributed by atoms with Gasteiger partial charge in [0.2, 0.25) is 0 Å². The van der Waals surface area contributed by atoms with Crippen LogP contribution in [0.4, 0.5) is 0 Å². The predicted octanol–water partition coefficient (Wildman–Crippen LogP) is 3.23. The normalized spacial score (nSPS) is 15.2. The molecule has 6 heteroatoms. The fourth-order valence-corrected chi connectivity index (χ4v) is 3.21. The molecule has 0 saturated carbocycles. The lowest BCUT2D eigenvalue weighted by Gasteiger charge is -2.21. The number of carbonyl (C=O) groups is 1. The molecule has 1 amide bonds. The number of carbonyl (C=O) groups excluding carboxylic acids is 1. The molecule has 3 N–H and O–H groups in total. The zero-order chi connectivity index (χ0) is 17.1. The quantitative estimate of drug-likeness (QED) is 0.778. The van der Waals surface area contributed by atoms with Gasteiger partial charge in [0, 0.05) is 35.8 Å². The van der Waals surface area contributed by atoms with Crippen LogP contribution in [0.25, 0.3) is 0 Å². The number of benzene rings is 1. The third-order valence-corrected chi connectivity index (χ3v) is 4.56. The molecule has 0 aliphatic carbocycles. The number of rotatable bonds is 5. The Morgan fingerprint density at radius 1 is 1.33 bits per heavy atom. The summed E-state index contributed by atoms with van der Waals surface area (Å²) in [7, 11) is 0. The van der Waals surface area contributed by atoms with Crippen LogP contribution in [0.3, 0.4) is 0 Å². The lowest BCUT2D eigenvalue weighted by atomic mass is 9.96. The van der Waals surface area contributed by atoms with Crippen LogP contribution in [-0.2, 0) is 13.0 Å². The van der Waals surface area contributed by atoms with Crippen LogP contribution in [0, 0.1) is 5.92 Å². The lowest BCUT2D eigenvalue weighted by Crippen LogP contribution is -2.32. The highest BCUT2D eigenvalue weighted by Crippen LogP contribution is 2.24. The van der Waals surface area contributed by atoms with E-state index in [0.717, 1.165) is 36.2 Å². The van der Waals surface area contributed by atoms with Gasteiger partial charge in [0.05, 0.1) is 6.04 Å². The summed E-state index contributed by atoms with van der Waals surface area (Å²) >= 11 is 5.98. The highest BCUT2D eigenvalue weighted by atomic mass is 35.5. The van der Waals surface area contributed by atoms with E-state index in [0.29, 0.717) is 23.2 Å². The minimum atomic E-state index is -0.128. The molecule has 1 aromatic carbocycles. The molecule has 1 atom stereocenters. The van der Waals surface area contributed by atoms with Gasteiger partial charge in [-0.25, -0.2) is 0 Å². The van der Waals surface area contributed by atoms with Crippen LogP contribution in [0.15, 0.2) is 24.3 Å². The zero-order valence-electron chi connectivity index (χ0n) is 14.0. The number of nitrogens with zero attached hydrogens (tertiary/aromatic N) is 1. The maximum Gasteiger partial charge on any atom is 0.272 e. The summed E-state index contributed by atoms with van der Waals surface area (Å²) in [5, 5.41) is 14.4. The van der Waals surface area contributed by atoms with Gasteiger partial charge in [-0.3, -0.25) is 9.89 Å². The van der Waals surface area contributed by atoms with Crippen LogP contribution in [0.2, 0.25) is 5.02 Å². The van der Waals surface area contributed by atoms with Crippen molar-refractivity contribution in [2.75, 3.05) is 6.54 Å². The van der Waals surface area contributed by atoms with Gasteiger partial charge in [-0.1, -0.05) is 37.6 Å². The number of hydrogen-bond donors (Lipinski definition) is 3. The first-order valence-electron chi connectivity index (χ1n) is 8.37. The topological polar surface area (TPSA) is 69.8 Å². The maximum absolute atomic E-state index is 12.8. The van der Waals surface area contributed by atoms with Gasteiger partial charge in [-0.05, 0) is 30.0 Å². The van der Waals surface area contributed by atoms with Crippen LogP contribution in [0.1, 0.15) is 53.6 Å². The molecule has 1 aliphatic heterocycles. The molecule has 2 aromatic rings. The highest BCUT2D eigenvalue weighted by molar-refractivity contribution is 6.30. The van der Waals surface area contributed by atoms with Crippen molar-refractivity contribution in [3.05, 3.63) is 51.8 Å². The van der Waals surface area contributed by atoms with Gasteiger partial charge in [0.25, 0.3) is 5.91 Å². The molecule has 0 fully saturated rings. The van der Waals surface area contributed by atoms with Crippen molar-refractivity contribution in [1.29, 1.82) is 0 Å². The molecule has 128 valence electrons. The van der Waals surface area contributed by atoms with Crippen molar-refractivity contribution >= 4 is 17.5 Å². The van der Waals surface area contributed by atoms with Crippen LogP contribution >= 0.6 is 11.6 Å². The van der Waals surface area contributed by atoms with Crippen LogP contribution in [-0.4, -0.2) is 22.6 Å². The van der Waals surface area contributed by atoms with E-state index in [1.165, 1.54) is 0 Å². The Balaban J connectivity index is 1.80. The second-order valence-corrected chi connectivity index (χ2v) is 7.10. The summed E-state index contributed by atoms with van der Waals surface area (Å²) in [5.41, 5.74) is 3.60. The Morgan fingerprint density at radius 2 is 2.08 bits per heavy atom. The minimum absolute atomic E-state index is 0.0568. The molecular formula is C18H23ClN4O. The number of hydrogen-bond acceptors (Lipinski definition) is 3. The van der Waals surface area contributed by atoms with Gasteiger partial charge in [0.15, 0.2) is 5.69 Å². The van der Waals surface area contributed by atoms with E-state index < -0.39 is 0 Å². The highest BCUT2D eigenvalue weighted by Gasteiger charge is 2.24. The molecule has 1 aliphatic rings. The standard InChI is InChI=1S/C18H23ClN4O/c1-11(2)9-16(12-3-5-13(19)6-4-12)21-18(24)17-14-10-20-8-7-15(14)22-23-17/h3-6,11,16,20H,7-10H2,1-2H3,(H,21,24)(H,22,23). The van der Waals surface area contributed by atoms with Gasteiger partial charge in [-0.2, -0.15) is 5.10 Å². The summed E-state index contributed by atoms with van der Waals surface area (Å²) in [4.78, 5) is 12.8. The van der Waals surface area contributed by atoms with Crippen molar-refractivity contribution in [2.24, 2.45) is 5.92 Å². The number of H-pyrrole nitrogens is 1. The first-order valence-corrected chi connectivity index (χ1v) is 8.75. The Morgan fingerprint density at radius 3 is 2.79 bits per heavy atom. The monoisotopic (exact) mass is 346 g/mol. The van der Waals surface area contributed by atoms with E-state index in [1.807, 2.05) is 24.3 Å². The predicted molar refractivity (Wildman–Crippen MR) is 95.1 cm³/mol. The summed E-state index contributed by atoms with van der Waals surface area (Å²) in [6.45, 7) is 5.90. The Labute approximate surface area is 147 Å². The van der Waals surface area contributed by atoms with Crippen LogP contribution < -0.4 is 10.6 Å². The smallest absolute Gasteiger partial charge is 0.272 e. The first-order chi connectivity index (χ1) is 11.5. The fourth-order valence-electron chi connectivity index (χ4n) is 3.08. The molecule has 5 nitrogen and oxygen atoms in total. The summed E-state index contributed by atoms with van der Waals surface area (Å²) in [6, 6.07) is 7.60. The SMILES string of the molecule is CC(C)CC(NC(=O)c1n[nH]c2c1CNCC2)c1ccc(Cl)cc1. The average Bonchev–Trinajstić information content (AvgIpc) is 2.98. The molecule has 0 radical (unpaired) electrons. The zero-order valence-corrected chi connectivity index (χ0v) is 14.8. The number of aromatic amines is 1. The Kier molecular flexibility index (Phi) is 5.21. The summed E-state index contributed by atoms with van der Waals surface area (Å²) in [5.74, 6) is 0.331. The van der Waals surface area contributed by atoms with Gasteiger partial charge in [-0.15, -0.1) is 0 Å². The van der Waals surface area contributed by atoms with Gasteiger partial charge in [0.1, 0.15) is 0 Å². The number of fused-ring (bicyclic) bond motifs is 1. The van der Waals surface area contributed by atoms with E-state index in [-0.39, 0.29) is 11.9 Å². The molecule has 0 saturated heterocycles. The largest absolute Gasteiger partial charge is 0.344 e. The molecule has 1 aromatic heterocycles. The van der Waals surface area contributed by atoms with Gasteiger partial charge >= 0.3 is 0 Å². The van der Waals surface area contributed by atoms with E-state index >= 15 is 0 Å². The van der Waals surface area contributed by atoms with E-state index in [1.54, 1.807) is 0 Å². The fraction of sp³-hybridized carbons (Fsp3) is 0.444. The van der Waals surface area contributed by atoms with E-state index in [2.05, 4.69) is 34.7 Å². The molecular weight excluding hydrogens is 324 g/mol. The van der Waals surface area contributed by atoms with Crippen molar-refractivity contribution in [3.8, 4) is 0 Å². The van der Waals surface area contributed by atoms with Crippen molar-refractivity contribution in [3.63, 3.8) is 0 Å². The summed E-state index contributed by atoms with van der Waals surface area (Å²) < 4.78 is 0. The number of aromatic nitrogens is 2. The second-order valence-electron chi connectivity index (χ2n) is 6.66. The molecule has 1 unspecified atom stereocenters. The second kappa shape index (κ2) is 7.36. The Bertz CT molecular complexity index is 708. The number of halogens is 1. The lowest BCUT2D eigenvalue weighted by molar-refractivity contribution is 0.0925.